The van der Waals surface area contributed by atoms with Crippen molar-refractivity contribution < 1.29 is 9.53 Å². The second-order valence-electron chi connectivity index (χ2n) is 3.94. The van der Waals surface area contributed by atoms with Gasteiger partial charge in [-0.1, -0.05) is 15.9 Å². The number of nitrogens with zero attached hydrogens (tertiary/aromatic N) is 1. The summed E-state index contributed by atoms with van der Waals surface area (Å²) in [6.45, 7) is 3.51. The van der Waals surface area contributed by atoms with Gasteiger partial charge in [0.15, 0.2) is 0 Å². The molecule has 1 amide bonds. The van der Waals surface area contributed by atoms with Crippen molar-refractivity contribution in [2.24, 2.45) is 0 Å². The van der Waals surface area contributed by atoms with E-state index in [0.29, 0.717) is 19.8 Å². The molecular formula is C12H16BrClN2O2. The van der Waals surface area contributed by atoms with Crippen molar-refractivity contribution in [3.63, 3.8) is 0 Å². The fourth-order valence-corrected chi connectivity index (χ4v) is 1.96. The molecule has 1 aromatic carbocycles. The Labute approximate surface area is 121 Å². The summed E-state index contributed by atoms with van der Waals surface area (Å²) in [6, 6.07) is 7.57. The van der Waals surface area contributed by atoms with Crippen LogP contribution in [0, 0.1) is 0 Å². The Balaban J connectivity index is 0.00000162. The molecule has 0 atom stereocenters. The summed E-state index contributed by atoms with van der Waals surface area (Å²) in [5.74, 6) is 0.0224. The number of carbonyl (C=O) groups is 1. The Bertz CT molecular complexity index is 380. The van der Waals surface area contributed by atoms with Crippen molar-refractivity contribution >= 4 is 39.9 Å². The molecule has 1 saturated heterocycles. The van der Waals surface area contributed by atoms with Gasteiger partial charge in [0.25, 0.3) is 0 Å². The molecule has 0 aliphatic carbocycles. The standard InChI is InChI=1S/C12H15BrN2O2.ClH/c13-10-1-3-11(4-2-10)14-12(16)9-15-5-7-17-8-6-15;/h1-4H,5-9H2,(H,14,16);1H. The van der Waals surface area contributed by atoms with E-state index in [-0.39, 0.29) is 18.3 Å². The number of amides is 1. The summed E-state index contributed by atoms with van der Waals surface area (Å²) >= 11 is 3.36. The molecule has 18 heavy (non-hydrogen) atoms. The first-order valence-corrected chi connectivity index (χ1v) is 6.39. The van der Waals surface area contributed by atoms with Crippen LogP contribution in [0.25, 0.3) is 0 Å². The number of halogens is 2. The number of anilines is 1. The smallest absolute Gasteiger partial charge is 0.238 e. The van der Waals surface area contributed by atoms with Crippen molar-refractivity contribution in [1.82, 2.24) is 4.90 Å². The highest BCUT2D eigenvalue weighted by molar-refractivity contribution is 9.10. The molecule has 1 aromatic rings. The highest BCUT2D eigenvalue weighted by atomic mass is 79.9. The van der Waals surface area contributed by atoms with Gasteiger partial charge in [0.2, 0.25) is 5.91 Å². The van der Waals surface area contributed by atoms with E-state index < -0.39 is 0 Å². The molecule has 1 N–H and O–H groups in total. The first-order valence-electron chi connectivity index (χ1n) is 5.59. The highest BCUT2D eigenvalue weighted by Crippen LogP contribution is 2.14. The Morgan fingerprint density at radius 3 is 2.50 bits per heavy atom. The summed E-state index contributed by atoms with van der Waals surface area (Å²) in [5, 5.41) is 2.87. The third-order valence-electron chi connectivity index (χ3n) is 2.60. The summed E-state index contributed by atoms with van der Waals surface area (Å²) < 4.78 is 6.24. The molecule has 0 saturated carbocycles. The number of carbonyl (C=O) groups excluding carboxylic acids is 1. The van der Waals surface area contributed by atoms with Gasteiger partial charge in [-0.15, -0.1) is 12.4 Å². The lowest BCUT2D eigenvalue weighted by Crippen LogP contribution is -2.41. The Kier molecular flexibility index (Phi) is 6.63. The molecule has 1 aliphatic heterocycles. The largest absolute Gasteiger partial charge is 0.379 e. The Hall–Kier alpha value is -0.620. The first-order chi connectivity index (χ1) is 8.24. The summed E-state index contributed by atoms with van der Waals surface area (Å²) in [6.07, 6.45) is 0. The van der Waals surface area contributed by atoms with Crippen LogP contribution in [0.5, 0.6) is 0 Å². The normalized spacial score (nSPS) is 15.8. The van der Waals surface area contributed by atoms with Crippen LogP contribution >= 0.6 is 28.3 Å². The molecule has 6 heteroatoms. The summed E-state index contributed by atoms with van der Waals surface area (Å²) in [5.41, 5.74) is 0.825. The molecule has 1 aliphatic rings. The molecule has 0 bridgehead atoms. The van der Waals surface area contributed by atoms with Crippen molar-refractivity contribution in [3.8, 4) is 0 Å². The van der Waals surface area contributed by atoms with Gasteiger partial charge in [0.05, 0.1) is 19.8 Å². The zero-order valence-electron chi connectivity index (χ0n) is 9.89. The minimum absolute atomic E-state index is 0. The molecule has 1 fully saturated rings. The van der Waals surface area contributed by atoms with Gasteiger partial charge in [-0.05, 0) is 24.3 Å². The van der Waals surface area contributed by atoms with Crippen LogP contribution in [0.2, 0.25) is 0 Å². The predicted octanol–water partition coefficient (Wildman–Crippen LogP) is 2.14. The van der Waals surface area contributed by atoms with Crippen molar-refractivity contribution in [1.29, 1.82) is 0 Å². The van der Waals surface area contributed by atoms with Gasteiger partial charge >= 0.3 is 0 Å². The first kappa shape index (κ1) is 15.4. The van der Waals surface area contributed by atoms with Crippen molar-refractivity contribution in [3.05, 3.63) is 28.7 Å². The number of ether oxygens (including phenoxy) is 1. The third kappa shape index (κ3) is 4.94. The van der Waals surface area contributed by atoms with Gasteiger partial charge in [-0.25, -0.2) is 0 Å². The highest BCUT2D eigenvalue weighted by Gasteiger charge is 2.13. The lowest BCUT2D eigenvalue weighted by molar-refractivity contribution is -0.118. The Morgan fingerprint density at radius 1 is 1.28 bits per heavy atom. The third-order valence-corrected chi connectivity index (χ3v) is 3.13. The average Bonchev–Trinajstić information content (AvgIpc) is 2.33. The molecule has 1 heterocycles. The number of rotatable bonds is 3. The van der Waals surface area contributed by atoms with E-state index in [1.165, 1.54) is 0 Å². The zero-order valence-corrected chi connectivity index (χ0v) is 12.3. The molecule has 0 aromatic heterocycles. The maximum Gasteiger partial charge on any atom is 0.238 e. The molecule has 100 valence electrons. The van der Waals surface area contributed by atoms with E-state index in [4.69, 9.17) is 4.74 Å². The average molecular weight is 336 g/mol. The van der Waals surface area contributed by atoms with Gasteiger partial charge in [0.1, 0.15) is 0 Å². The van der Waals surface area contributed by atoms with Crippen LogP contribution in [0.1, 0.15) is 0 Å². The monoisotopic (exact) mass is 334 g/mol. The number of benzene rings is 1. The summed E-state index contributed by atoms with van der Waals surface area (Å²) in [4.78, 5) is 13.9. The van der Waals surface area contributed by atoms with Crippen LogP contribution in [0.3, 0.4) is 0 Å². The van der Waals surface area contributed by atoms with Crippen LogP contribution in [-0.4, -0.2) is 43.7 Å². The summed E-state index contributed by atoms with van der Waals surface area (Å²) in [7, 11) is 0. The second-order valence-corrected chi connectivity index (χ2v) is 4.86. The van der Waals surface area contributed by atoms with Crippen LogP contribution < -0.4 is 5.32 Å². The predicted molar refractivity (Wildman–Crippen MR) is 77.3 cm³/mol. The van der Waals surface area contributed by atoms with Gasteiger partial charge in [0, 0.05) is 23.2 Å². The number of morpholine rings is 1. The number of nitrogens with one attached hydrogen (secondary N) is 1. The lowest BCUT2D eigenvalue weighted by atomic mass is 10.3. The molecule has 0 radical (unpaired) electrons. The molecule has 4 nitrogen and oxygen atoms in total. The lowest BCUT2D eigenvalue weighted by Gasteiger charge is -2.25. The van der Waals surface area contributed by atoms with Crippen LogP contribution in [-0.2, 0) is 9.53 Å². The molecular weight excluding hydrogens is 320 g/mol. The molecule has 0 unspecified atom stereocenters. The Morgan fingerprint density at radius 2 is 1.89 bits per heavy atom. The SMILES string of the molecule is Cl.O=C(CN1CCOCC1)Nc1ccc(Br)cc1. The van der Waals surface area contributed by atoms with E-state index >= 15 is 0 Å². The van der Waals surface area contributed by atoms with E-state index in [1.54, 1.807) is 0 Å². The second kappa shape index (κ2) is 7.74. The topological polar surface area (TPSA) is 41.6 Å². The minimum Gasteiger partial charge on any atom is -0.379 e. The van der Waals surface area contributed by atoms with Gasteiger partial charge in [-0.2, -0.15) is 0 Å². The van der Waals surface area contributed by atoms with Gasteiger partial charge in [-0.3, -0.25) is 9.69 Å². The van der Waals surface area contributed by atoms with Gasteiger partial charge < -0.3 is 10.1 Å². The zero-order chi connectivity index (χ0) is 12.1. The minimum atomic E-state index is 0. The maximum atomic E-state index is 11.8. The van der Waals surface area contributed by atoms with E-state index in [1.807, 2.05) is 24.3 Å². The fraction of sp³-hybridized carbons (Fsp3) is 0.417. The number of hydrogen-bond acceptors (Lipinski definition) is 3. The molecule has 2 rings (SSSR count). The van der Waals surface area contributed by atoms with E-state index in [0.717, 1.165) is 23.2 Å². The van der Waals surface area contributed by atoms with Crippen LogP contribution in [0.15, 0.2) is 28.7 Å². The molecule has 0 spiro atoms. The van der Waals surface area contributed by atoms with Crippen LogP contribution in [0.4, 0.5) is 5.69 Å². The quantitative estimate of drug-likeness (QED) is 0.920. The van der Waals surface area contributed by atoms with E-state index in [9.17, 15) is 4.79 Å². The van der Waals surface area contributed by atoms with Crippen molar-refractivity contribution in [2.75, 3.05) is 38.2 Å². The number of hydrogen-bond donors (Lipinski definition) is 1. The van der Waals surface area contributed by atoms with E-state index in [2.05, 4.69) is 26.1 Å². The fourth-order valence-electron chi connectivity index (χ4n) is 1.70. The maximum absolute atomic E-state index is 11.8. The van der Waals surface area contributed by atoms with Crippen molar-refractivity contribution in [2.45, 2.75) is 0 Å².